The summed E-state index contributed by atoms with van der Waals surface area (Å²) in [7, 11) is 0. The largest absolute Gasteiger partial charge is 0.494 e. The van der Waals surface area contributed by atoms with Gasteiger partial charge < -0.3 is 10.1 Å². The van der Waals surface area contributed by atoms with Crippen molar-refractivity contribution in [2.45, 2.75) is 39.0 Å². The maximum Gasteiger partial charge on any atom is 0.261 e. The number of carbonyl (C=O) groups excluding carboxylic acids is 1. The maximum atomic E-state index is 12.3. The van der Waals surface area contributed by atoms with Crippen LogP contribution >= 0.6 is 11.3 Å². The number of nitrogens with one attached hydrogen (secondary N) is 1. The van der Waals surface area contributed by atoms with E-state index in [1.807, 2.05) is 43.3 Å². The predicted octanol–water partition coefficient (Wildman–Crippen LogP) is 5.43. The second kappa shape index (κ2) is 8.86. The van der Waals surface area contributed by atoms with Crippen LogP contribution in [-0.4, -0.2) is 19.1 Å². The van der Waals surface area contributed by atoms with Crippen LogP contribution in [0.4, 0.5) is 0 Å². The zero-order chi connectivity index (χ0) is 17.5. The van der Waals surface area contributed by atoms with Crippen molar-refractivity contribution in [2.75, 3.05) is 13.2 Å². The lowest BCUT2D eigenvalue weighted by Crippen LogP contribution is -2.23. The molecule has 1 aliphatic rings. The zero-order valence-corrected chi connectivity index (χ0v) is 15.5. The van der Waals surface area contributed by atoms with E-state index in [1.165, 1.54) is 42.6 Å². The van der Waals surface area contributed by atoms with E-state index in [-0.39, 0.29) is 5.91 Å². The molecule has 1 amide bonds. The van der Waals surface area contributed by atoms with Crippen LogP contribution in [0.5, 0.6) is 5.75 Å². The van der Waals surface area contributed by atoms with E-state index < -0.39 is 0 Å². The van der Waals surface area contributed by atoms with Crippen molar-refractivity contribution >= 4 is 17.2 Å². The number of benzene rings is 1. The summed E-state index contributed by atoms with van der Waals surface area (Å²) in [6, 6.07) is 11.9. The fourth-order valence-corrected chi connectivity index (χ4v) is 3.98. The standard InChI is InChI=1S/C21H25NO2S/c1-2-24-18-10-8-17(9-11-18)19-12-13-20(25-19)21(23)22-15-14-16-6-4-3-5-7-16/h6,8-13H,2-5,7,14-15H2,1H3,(H,22,23). The van der Waals surface area contributed by atoms with E-state index in [0.717, 1.165) is 34.0 Å². The first kappa shape index (κ1) is 17.7. The fraction of sp³-hybridized carbons (Fsp3) is 0.381. The molecule has 0 spiro atoms. The first-order chi connectivity index (χ1) is 12.3. The molecule has 0 saturated carbocycles. The summed E-state index contributed by atoms with van der Waals surface area (Å²) in [6.45, 7) is 3.36. The number of carbonyl (C=O) groups is 1. The van der Waals surface area contributed by atoms with Gasteiger partial charge in [0.15, 0.2) is 0 Å². The Bertz CT molecular complexity index is 731. The molecule has 0 saturated heterocycles. The van der Waals surface area contributed by atoms with Gasteiger partial charge in [0.1, 0.15) is 5.75 Å². The SMILES string of the molecule is CCOc1ccc(-c2ccc(C(=O)NCCC3=CCCCC3)s2)cc1. The lowest BCUT2D eigenvalue weighted by molar-refractivity contribution is 0.0958. The summed E-state index contributed by atoms with van der Waals surface area (Å²) in [4.78, 5) is 14.2. The summed E-state index contributed by atoms with van der Waals surface area (Å²) in [5.41, 5.74) is 2.60. The molecule has 3 rings (SSSR count). The molecule has 132 valence electrons. The highest BCUT2D eigenvalue weighted by Gasteiger charge is 2.11. The molecule has 1 aromatic heterocycles. The van der Waals surface area contributed by atoms with E-state index in [2.05, 4.69) is 11.4 Å². The Labute approximate surface area is 153 Å². The van der Waals surface area contributed by atoms with Gasteiger partial charge in [-0.1, -0.05) is 11.6 Å². The molecule has 0 radical (unpaired) electrons. The van der Waals surface area contributed by atoms with Gasteiger partial charge in [0.05, 0.1) is 11.5 Å². The van der Waals surface area contributed by atoms with E-state index in [9.17, 15) is 4.79 Å². The Morgan fingerprint density at radius 2 is 2.00 bits per heavy atom. The molecule has 4 heteroatoms. The average Bonchev–Trinajstić information content (AvgIpc) is 3.14. The Morgan fingerprint density at radius 1 is 1.16 bits per heavy atom. The van der Waals surface area contributed by atoms with E-state index in [1.54, 1.807) is 0 Å². The molecule has 1 heterocycles. The third-order valence-corrected chi connectivity index (χ3v) is 5.53. The minimum Gasteiger partial charge on any atom is -0.494 e. The molecular formula is C21H25NO2S. The van der Waals surface area contributed by atoms with E-state index >= 15 is 0 Å². The van der Waals surface area contributed by atoms with Crippen molar-refractivity contribution in [1.82, 2.24) is 5.32 Å². The van der Waals surface area contributed by atoms with Gasteiger partial charge in [-0.3, -0.25) is 4.79 Å². The summed E-state index contributed by atoms with van der Waals surface area (Å²) in [5, 5.41) is 3.05. The third kappa shape index (κ3) is 4.95. The van der Waals surface area contributed by atoms with Crippen molar-refractivity contribution < 1.29 is 9.53 Å². The van der Waals surface area contributed by atoms with Gasteiger partial charge in [-0.2, -0.15) is 0 Å². The Morgan fingerprint density at radius 3 is 2.72 bits per heavy atom. The highest BCUT2D eigenvalue weighted by Crippen LogP contribution is 2.29. The van der Waals surface area contributed by atoms with Crippen LogP contribution in [0, 0.1) is 0 Å². The molecule has 0 atom stereocenters. The molecule has 25 heavy (non-hydrogen) atoms. The first-order valence-electron chi connectivity index (χ1n) is 9.05. The minimum absolute atomic E-state index is 0.0265. The smallest absolute Gasteiger partial charge is 0.261 e. The molecule has 3 nitrogen and oxygen atoms in total. The highest BCUT2D eigenvalue weighted by molar-refractivity contribution is 7.17. The minimum atomic E-state index is 0.0265. The average molecular weight is 356 g/mol. The molecule has 1 N–H and O–H groups in total. The van der Waals surface area contributed by atoms with Gasteiger partial charge in [0.25, 0.3) is 5.91 Å². The number of hydrogen-bond acceptors (Lipinski definition) is 3. The van der Waals surface area contributed by atoms with Crippen LogP contribution in [-0.2, 0) is 0 Å². The Balaban J connectivity index is 1.54. The molecule has 0 unspecified atom stereocenters. The number of amides is 1. The van der Waals surface area contributed by atoms with Crippen molar-refractivity contribution in [3.05, 3.63) is 52.9 Å². The molecular weight excluding hydrogens is 330 g/mol. The monoisotopic (exact) mass is 355 g/mol. The van der Waals surface area contributed by atoms with Crippen LogP contribution < -0.4 is 10.1 Å². The summed E-state index contributed by atoms with van der Waals surface area (Å²) in [6.07, 6.45) is 8.29. The van der Waals surface area contributed by atoms with Gasteiger partial charge >= 0.3 is 0 Å². The molecule has 0 fully saturated rings. The zero-order valence-electron chi connectivity index (χ0n) is 14.7. The Hall–Kier alpha value is -2.07. The molecule has 0 bridgehead atoms. The topological polar surface area (TPSA) is 38.3 Å². The van der Waals surface area contributed by atoms with Gasteiger partial charge in [-0.15, -0.1) is 11.3 Å². The van der Waals surface area contributed by atoms with Gasteiger partial charge in [0, 0.05) is 11.4 Å². The van der Waals surface area contributed by atoms with Crippen LogP contribution in [0.1, 0.15) is 48.7 Å². The van der Waals surface area contributed by atoms with Crippen LogP contribution in [0.2, 0.25) is 0 Å². The van der Waals surface area contributed by atoms with Crippen LogP contribution in [0.15, 0.2) is 48.0 Å². The van der Waals surface area contributed by atoms with Gasteiger partial charge in [-0.25, -0.2) is 0 Å². The Kier molecular flexibility index (Phi) is 6.29. The normalized spacial score (nSPS) is 14.0. The maximum absolute atomic E-state index is 12.3. The fourth-order valence-electron chi connectivity index (χ4n) is 3.05. The van der Waals surface area contributed by atoms with Crippen LogP contribution in [0.25, 0.3) is 10.4 Å². The number of ether oxygens (including phenoxy) is 1. The van der Waals surface area contributed by atoms with Crippen molar-refractivity contribution in [3.63, 3.8) is 0 Å². The lowest BCUT2D eigenvalue weighted by atomic mass is 9.97. The predicted molar refractivity (Wildman–Crippen MR) is 104 cm³/mol. The lowest BCUT2D eigenvalue weighted by Gasteiger charge is -2.12. The highest BCUT2D eigenvalue weighted by atomic mass is 32.1. The number of allylic oxidation sites excluding steroid dienone is 1. The van der Waals surface area contributed by atoms with E-state index in [4.69, 9.17) is 4.74 Å². The van der Waals surface area contributed by atoms with Crippen molar-refractivity contribution in [3.8, 4) is 16.2 Å². The van der Waals surface area contributed by atoms with Gasteiger partial charge in [-0.05, 0) is 81.0 Å². The second-order valence-electron chi connectivity index (χ2n) is 6.24. The van der Waals surface area contributed by atoms with E-state index in [0.29, 0.717) is 6.61 Å². The number of thiophene rings is 1. The molecule has 2 aromatic rings. The second-order valence-corrected chi connectivity index (χ2v) is 7.32. The summed E-state index contributed by atoms with van der Waals surface area (Å²) >= 11 is 1.53. The summed E-state index contributed by atoms with van der Waals surface area (Å²) < 4.78 is 5.47. The molecule has 1 aromatic carbocycles. The van der Waals surface area contributed by atoms with Crippen molar-refractivity contribution in [1.29, 1.82) is 0 Å². The van der Waals surface area contributed by atoms with Crippen LogP contribution in [0.3, 0.4) is 0 Å². The third-order valence-electron chi connectivity index (χ3n) is 4.40. The number of rotatable bonds is 7. The number of hydrogen-bond donors (Lipinski definition) is 1. The quantitative estimate of drug-likeness (QED) is 0.672. The molecule has 1 aliphatic carbocycles. The first-order valence-corrected chi connectivity index (χ1v) is 9.87. The van der Waals surface area contributed by atoms with Gasteiger partial charge in [0.2, 0.25) is 0 Å². The van der Waals surface area contributed by atoms with Crippen molar-refractivity contribution in [2.24, 2.45) is 0 Å². The summed E-state index contributed by atoms with van der Waals surface area (Å²) in [5.74, 6) is 0.899. The molecule has 0 aliphatic heterocycles.